The molecular formula is C20H15FN2O2S2. The van der Waals surface area contributed by atoms with Gasteiger partial charge in [0.05, 0.1) is 22.2 Å². The van der Waals surface area contributed by atoms with E-state index in [-0.39, 0.29) is 15.5 Å². The number of rotatable bonds is 4. The Morgan fingerprint density at radius 2 is 1.78 bits per heavy atom. The van der Waals surface area contributed by atoms with E-state index in [9.17, 15) is 18.1 Å². The van der Waals surface area contributed by atoms with E-state index >= 15 is 0 Å². The third kappa shape index (κ3) is 3.82. The molecule has 3 rings (SSSR count). The lowest BCUT2D eigenvalue weighted by Crippen LogP contribution is -2.14. The maximum atomic E-state index is 14.8. The fraction of sp³-hybridized carbons (Fsp3) is 0.0500. The van der Waals surface area contributed by atoms with E-state index in [1.165, 1.54) is 18.2 Å². The lowest BCUT2D eigenvalue weighted by Gasteiger charge is -2.13. The first-order chi connectivity index (χ1) is 12.8. The van der Waals surface area contributed by atoms with Crippen LogP contribution in [0.5, 0.6) is 0 Å². The van der Waals surface area contributed by atoms with E-state index in [2.05, 4.69) is 23.4 Å². The fourth-order valence-electron chi connectivity index (χ4n) is 2.59. The molecule has 0 spiro atoms. The number of nitrogens with zero attached hydrogens (tertiary/aromatic N) is 1. The van der Waals surface area contributed by atoms with Gasteiger partial charge >= 0.3 is 0 Å². The number of halogens is 1. The van der Waals surface area contributed by atoms with Crippen molar-refractivity contribution in [2.75, 3.05) is 4.72 Å². The van der Waals surface area contributed by atoms with Gasteiger partial charge in [0.1, 0.15) is 0 Å². The minimum atomic E-state index is -3.91. The van der Waals surface area contributed by atoms with Gasteiger partial charge < -0.3 is 0 Å². The van der Waals surface area contributed by atoms with Crippen molar-refractivity contribution >= 4 is 28.3 Å². The SMILES string of the molecule is Cc1ccc(-c2ccc(NS(=O)(=O)c3ccccc3)c(F)c2S)cc1C#N. The summed E-state index contributed by atoms with van der Waals surface area (Å²) in [5.74, 6) is -0.783. The minimum Gasteiger partial charge on any atom is -0.277 e. The van der Waals surface area contributed by atoms with Crippen molar-refractivity contribution < 1.29 is 12.8 Å². The van der Waals surface area contributed by atoms with Crippen molar-refractivity contribution in [3.05, 3.63) is 77.6 Å². The number of hydrogen-bond acceptors (Lipinski definition) is 4. The van der Waals surface area contributed by atoms with Gasteiger partial charge in [0.15, 0.2) is 5.82 Å². The number of anilines is 1. The summed E-state index contributed by atoms with van der Waals surface area (Å²) < 4.78 is 41.8. The Labute approximate surface area is 162 Å². The normalized spacial score (nSPS) is 11.0. The second-order valence-corrected chi connectivity index (χ2v) is 8.01. The van der Waals surface area contributed by atoms with Gasteiger partial charge in [-0.15, -0.1) is 12.6 Å². The molecule has 3 aromatic carbocycles. The Morgan fingerprint density at radius 1 is 1.07 bits per heavy atom. The molecule has 0 radical (unpaired) electrons. The van der Waals surface area contributed by atoms with Crippen LogP contribution >= 0.6 is 12.6 Å². The molecule has 0 bridgehead atoms. The highest BCUT2D eigenvalue weighted by atomic mass is 32.2. The average Bonchev–Trinajstić information content (AvgIpc) is 2.67. The van der Waals surface area contributed by atoms with Crippen LogP contribution in [0.15, 0.2) is 70.5 Å². The summed E-state index contributed by atoms with van der Waals surface area (Å²) in [6.45, 7) is 1.81. The van der Waals surface area contributed by atoms with Crippen molar-refractivity contribution in [1.82, 2.24) is 0 Å². The average molecular weight is 398 g/mol. The largest absolute Gasteiger partial charge is 0.277 e. The van der Waals surface area contributed by atoms with E-state index in [1.807, 2.05) is 6.92 Å². The third-order valence-corrected chi connectivity index (χ3v) is 5.90. The summed E-state index contributed by atoms with van der Waals surface area (Å²) in [7, 11) is -3.91. The zero-order valence-electron chi connectivity index (χ0n) is 14.3. The first-order valence-electron chi connectivity index (χ1n) is 7.94. The van der Waals surface area contributed by atoms with Gasteiger partial charge in [-0.2, -0.15) is 5.26 Å². The molecular weight excluding hydrogens is 383 g/mol. The molecule has 0 aliphatic heterocycles. The van der Waals surface area contributed by atoms with Crippen LogP contribution in [0.2, 0.25) is 0 Å². The zero-order valence-corrected chi connectivity index (χ0v) is 16.0. The first kappa shape index (κ1) is 19.0. The molecule has 0 aliphatic rings. The fourth-order valence-corrected chi connectivity index (χ4v) is 3.99. The topological polar surface area (TPSA) is 70.0 Å². The Hall–Kier alpha value is -2.82. The van der Waals surface area contributed by atoms with E-state index < -0.39 is 15.8 Å². The zero-order chi connectivity index (χ0) is 19.6. The smallest absolute Gasteiger partial charge is 0.261 e. The second kappa shape index (κ2) is 7.43. The number of benzene rings is 3. The number of nitrogens with one attached hydrogen (secondary N) is 1. The molecule has 0 aliphatic carbocycles. The maximum Gasteiger partial charge on any atom is 0.261 e. The van der Waals surface area contributed by atoms with Gasteiger partial charge in [-0.05, 0) is 47.9 Å². The molecule has 136 valence electrons. The lowest BCUT2D eigenvalue weighted by atomic mass is 10.00. The second-order valence-electron chi connectivity index (χ2n) is 5.88. The summed E-state index contributed by atoms with van der Waals surface area (Å²) in [5.41, 5.74) is 2.19. The molecule has 4 nitrogen and oxygen atoms in total. The van der Waals surface area contributed by atoms with Crippen LogP contribution in [0.4, 0.5) is 10.1 Å². The molecule has 0 unspecified atom stereocenters. The highest BCUT2D eigenvalue weighted by Gasteiger charge is 2.19. The quantitative estimate of drug-likeness (QED) is 0.623. The van der Waals surface area contributed by atoms with Gasteiger partial charge in [0.25, 0.3) is 10.0 Å². The molecule has 27 heavy (non-hydrogen) atoms. The summed E-state index contributed by atoms with van der Waals surface area (Å²) in [6.07, 6.45) is 0. The van der Waals surface area contributed by atoms with E-state index in [4.69, 9.17) is 0 Å². The van der Waals surface area contributed by atoms with Crippen molar-refractivity contribution in [3.63, 3.8) is 0 Å². The molecule has 0 heterocycles. The van der Waals surface area contributed by atoms with Gasteiger partial charge in [0.2, 0.25) is 0 Å². The molecule has 0 aromatic heterocycles. The van der Waals surface area contributed by atoms with Crippen LogP contribution in [0.1, 0.15) is 11.1 Å². The predicted molar refractivity (Wildman–Crippen MR) is 106 cm³/mol. The first-order valence-corrected chi connectivity index (χ1v) is 9.87. The third-order valence-electron chi connectivity index (χ3n) is 4.08. The molecule has 0 saturated heterocycles. The number of hydrogen-bond donors (Lipinski definition) is 2. The highest BCUT2D eigenvalue weighted by Crippen LogP contribution is 2.34. The summed E-state index contributed by atoms with van der Waals surface area (Å²) >= 11 is 4.23. The summed E-state index contributed by atoms with van der Waals surface area (Å²) in [4.78, 5) is 0.0300. The highest BCUT2D eigenvalue weighted by molar-refractivity contribution is 7.92. The van der Waals surface area contributed by atoms with Crippen LogP contribution in [-0.2, 0) is 10.0 Å². The van der Waals surface area contributed by atoms with E-state index in [0.717, 1.165) is 5.56 Å². The van der Waals surface area contributed by atoms with Crippen LogP contribution in [0, 0.1) is 24.1 Å². The Balaban J connectivity index is 2.00. The molecule has 7 heteroatoms. The molecule has 0 atom stereocenters. The van der Waals surface area contributed by atoms with E-state index in [1.54, 1.807) is 42.5 Å². The molecule has 0 fully saturated rings. The Kier molecular flexibility index (Phi) is 5.22. The van der Waals surface area contributed by atoms with Gasteiger partial charge in [0, 0.05) is 4.90 Å². The van der Waals surface area contributed by atoms with Gasteiger partial charge in [-0.3, -0.25) is 4.72 Å². The molecule has 0 saturated carbocycles. The van der Waals surface area contributed by atoms with Crippen molar-refractivity contribution in [2.24, 2.45) is 0 Å². The monoisotopic (exact) mass is 398 g/mol. The summed E-state index contributed by atoms with van der Waals surface area (Å²) in [6, 6.07) is 17.9. The van der Waals surface area contributed by atoms with Gasteiger partial charge in [-0.1, -0.05) is 36.4 Å². The lowest BCUT2D eigenvalue weighted by molar-refractivity contribution is 0.594. The van der Waals surface area contributed by atoms with Crippen LogP contribution in [0.3, 0.4) is 0 Å². The number of aryl methyl sites for hydroxylation is 1. The molecule has 1 N–H and O–H groups in total. The standard InChI is InChI=1S/C20H15FN2O2S2/c1-13-7-8-14(11-15(13)12-22)17-9-10-18(19(21)20(17)26)23-27(24,25)16-5-3-2-4-6-16/h2-11,23,26H,1H3. The predicted octanol–water partition coefficient (Wildman–Crippen LogP) is 4.76. The minimum absolute atomic E-state index is 0.00370. The molecule has 0 amide bonds. The Morgan fingerprint density at radius 3 is 2.44 bits per heavy atom. The van der Waals surface area contributed by atoms with Crippen molar-refractivity contribution in [1.29, 1.82) is 5.26 Å². The number of nitriles is 1. The summed E-state index contributed by atoms with van der Waals surface area (Å²) in [5, 5.41) is 9.17. The van der Waals surface area contributed by atoms with Crippen LogP contribution in [-0.4, -0.2) is 8.42 Å². The number of sulfonamides is 1. The van der Waals surface area contributed by atoms with Crippen LogP contribution in [0.25, 0.3) is 11.1 Å². The van der Waals surface area contributed by atoms with Crippen LogP contribution < -0.4 is 4.72 Å². The number of thiol groups is 1. The Bertz CT molecular complexity index is 1150. The van der Waals surface area contributed by atoms with E-state index in [0.29, 0.717) is 16.7 Å². The van der Waals surface area contributed by atoms with Gasteiger partial charge in [-0.25, -0.2) is 12.8 Å². The van der Waals surface area contributed by atoms with Crippen molar-refractivity contribution in [3.8, 4) is 17.2 Å². The molecule has 3 aromatic rings. The maximum absolute atomic E-state index is 14.8. The van der Waals surface area contributed by atoms with Crippen molar-refractivity contribution in [2.45, 2.75) is 16.7 Å².